The number of nitrogens with zero attached hydrogens (tertiary/aromatic N) is 2. The van der Waals surface area contributed by atoms with Gasteiger partial charge in [0.25, 0.3) is 0 Å². The minimum absolute atomic E-state index is 0.212. The lowest BCUT2D eigenvalue weighted by molar-refractivity contribution is 0.501. The van der Waals surface area contributed by atoms with Gasteiger partial charge in [-0.15, -0.1) is 0 Å². The molecule has 102 valence electrons. The SMILES string of the molecule is CNC(CCc1cnn(C)c1)c1cc(F)ccc1F. The molecule has 1 aromatic heterocycles. The third-order valence-corrected chi connectivity index (χ3v) is 3.16. The van der Waals surface area contributed by atoms with E-state index in [1.807, 2.05) is 13.2 Å². The summed E-state index contributed by atoms with van der Waals surface area (Å²) in [5, 5.41) is 7.12. The molecule has 0 radical (unpaired) electrons. The number of halogens is 2. The summed E-state index contributed by atoms with van der Waals surface area (Å²) in [6.07, 6.45) is 5.15. The summed E-state index contributed by atoms with van der Waals surface area (Å²) in [6.45, 7) is 0. The Hall–Kier alpha value is -1.75. The van der Waals surface area contributed by atoms with Crippen LogP contribution >= 0.6 is 0 Å². The lowest BCUT2D eigenvalue weighted by Crippen LogP contribution is -2.18. The molecule has 19 heavy (non-hydrogen) atoms. The summed E-state index contributed by atoms with van der Waals surface area (Å²) < 4.78 is 28.6. The third-order valence-electron chi connectivity index (χ3n) is 3.16. The number of aromatic nitrogens is 2. The van der Waals surface area contributed by atoms with Crippen LogP contribution in [0.2, 0.25) is 0 Å². The van der Waals surface area contributed by atoms with Crippen LogP contribution < -0.4 is 5.32 Å². The predicted molar refractivity (Wildman–Crippen MR) is 69.7 cm³/mol. The fourth-order valence-electron chi connectivity index (χ4n) is 2.15. The maximum absolute atomic E-state index is 13.7. The monoisotopic (exact) mass is 265 g/mol. The van der Waals surface area contributed by atoms with Gasteiger partial charge in [0.15, 0.2) is 0 Å². The van der Waals surface area contributed by atoms with Crippen molar-refractivity contribution in [3.63, 3.8) is 0 Å². The Labute approximate surface area is 111 Å². The lowest BCUT2D eigenvalue weighted by Gasteiger charge is -2.17. The lowest BCUT2D eigenvalue weighted by atomic mass is 9.99. The van der Waals surface area contributed by atoms with E-state index >= 15 is 0 Å². The van der Waals surface area contributed by atoms with Crippen LogP contribution in [-0.4, -0.2) is 16.8 Å². The molecule has 1 unspecified atom stereocenters. The van der Waals surface area contributed by atoms with Crippen LogP contribution in [0.4, 0.5) is 8.78 Å². The average molecular weight is 265 g/mol. The molecule has 0 aliphatic heterocycles. The highest BCUT2D eigenvalue weighted by Crippen LogP contribution is 2.22. The van der Waals surface area contributed by atoms with E-state index in [1.165, 1.54) is 12.1 Å². The van der Waals surface area contributed by atoms with Crippen LogP contribution in [0.1, 0.15) is 23.6 Å². The first-order chi connectivity index (χ1) is 9.10. The van der Waals surface area contributed by atoms with Gasteiger partial charge >= 0.3 is 0 Å². The second kappa shape index (κ2) is 5.93. The third kappa shape index (κ3) is 3.38. The molecule has 0 spiro atoms. The van der Waals surface area contributed by atoms with Gasteiger partial charge in [-0.2, -0.15) is 5.10 Å². The van der Waals surface area contributed by atoms with E-state index in [0.29, 0.717) is 12.0 Å². The molecular formula is C14H17F2N3. The number of nitrogens with one attached hydrogen (secondary N) is 1. The van der Waals surface area contributed by atoms with Crippen LogP contribution in [0.3, 0.4) is 0 Å². The van der Waals surface area contributed by atoms with Crippen LogP contribution in [0.5, 0.6) is 0 Å². The van der Waals surface area contributed by atoms with Crippen LogP contribution in [-0.2, 0) is 13.5 Å². The molecule has 0 fully saturated rings. The van der Waals surface area contributed by atoms with Gasteiger partial charge in [0.2, 0.25) is 0 Å². The van der Waals surface area contributed by atoms with Gasteiger partial charge in [-0.1, -0.05) is 0 Å². The van der Waals surface area contributed by atoms with Crippen molar-refractivity contribution in [2.75, 3.05) is 7.05 Å². The van der Waals surface area contributed by atoms with Crippen molar-refractivity contribution in [2.45, 2.75) is 18.9 Å². The molecule has 2 rings (SSSR count). The minimum atomic E-state index is -0.418. The maximum atomic E-state index is 13.7. The Morgan fingerprint density at radius 2 is 2.16 bits per heavy atom. The van der Waals surface area contributed by atoms with E-state index in [4.69, 9.17) is 0 Å². The summed E-state index contributed by atoms with van der Waals surface area (Å²) in [6, 6.07) is 3.33. The maximum Gasteiger partial charge on any atom is 0.128 e. The normalized spacial score (nSPS) is 12.6. The number of hydrogen-bond acceptors (Lipinski definition) is 2. The number of benzene rings is 1. The van der Waals surface area contributed by atoms with Crippen molar-refractivity contribution in [1.29, 1.82) is 0 Å². The zero-order valence-electron chi connectivity index (χ0n) is 11.0. The fraction of sp³-hybridized carbons (Fsp3) is 0.357. The number of hydrogen-bond donors (Lipinski definition) is 1. The highest BCUT2D eigenvalue weighted by Gasteiger charge is 2.15. The first kappa shape index (κ1) is 13.7. The first-order valence-electron chi connectivity index (χ1n) is 6.20. The molecule has 1 heterocycles. The molecule has 5 heteroatoms. The smallest absolute Gasteiger partial charge is 0.128 e. The standard InChI is InChI=1S/C14H17F2N3/c1-17-14(6-3-10-8-18-19(2)9-10)12-7-11(15)4-5-13(12)16/h4-5,7-9,14,17H,3,6H2,1-2H3. The molecule has 0 aliphatic carbocycles. The van der Waals surface area contributed by atoms with E-state index in [0.717, 1.165) is 18.1 Å². The summed E-state index contributed by atoms with van der Waals surface area (Å²) in [5.41, 5.74) is 1.45. The molecule has 0 amide bonds. The molecule has 0 saturated heterocycles. The van der Waals surface area contributed by atoms with Gasteiger partial charge in [0.05, 0.1) is 6.20 Å². The number of rotatable bonds is 5. The summed E-state index contributed by atoms with van der Waals surface area (Å²) >= 11 is 0. The van der Waals surface area contributed by atoms with Crippen molar-refractivity contribution in [3.05, 3.63) is 53.4 Å². The quantitative estimate of drug-likeness (QED) is 0.900. The Kier molecular flexibility index (Phi) is 4.27. The minimum Gasteiger partial charge on any atom is -0.313 e. The van der Waals surface area contributed by atoms with Gasteiger partial charge in [-0.25, -0.2) is 8.78 Å². The second-order valence-corrected chi connectivity index (χ2v) is 4.57. The summed E-state index contributed by atoms with van der Waals surface area (Å²) in [5.74, 6) is -0.801. The molecule has 0 bridgehead atoms. The van der Waals surface area contributed by atoms with E-state index in [1.54, 1.807) is 17.9 Å². The molecule has 3 nitrogen and oxygen atoms in total. The van der Waals surface area contributed by atoms with E-state index < -0.39 is 5.82 Å². The zero-order valence-corrected chi connectivity index (χ0v) is 11.0. The summed E-state index contributed by atoms with van der Waals surface area (Å²) in [4.78, 5) is 0. The van der Waals surface area contributed by atoms with E-state index in [9.17, 15) is 8.78 Å². The molecule has 0 aliphatic rings. The average Bonchev–Trinajstić information content (AvgIpc) is 2.80. The first-order valence-corrected chi connectivity index (χ1v) is 6.20. The van der Waals surface area contributed by atoms with Crippen LogP contribution in [0, 0.1) is 11.6 Å². The van der Waals surface area contributed by atoms with Gasteiger partial charge in [-0.05, 0) is 43.7 Å². The molecule has 0 saturated carbocycles. The van der Waals surface area contributed by atoms with Crippen molar-refractivity contribution in [1.82, 2.24) is 15.1 Å². The highest BCUT2D eigenvalue weighted by molar-refractivity contribution is 5.22. The van der Waals surface area contributed by atoms with Crippen molar-refractivity contribution in [2.24, 2.45) is 7.05 Å². The van der Waals surface area contributed by atoms with Gasteiger partial charge < -0.3 is 5.32 Å². The van der Waals surface area contributed by atoms with Gasteiger partial charge in [0.1, 0.15) is 11.6 Å². The molecule has 2 aromatic rings. The van der Waals surface area contributed by atoms with E-state index in [2.05, 4.69) is 10.4 Å². The Morgan fingerprint density at radius 1 is 1.37 bits per heavy atom. The fourth-order valence-corrected chi connectivity index (χ4v) is 2.15. The highest BCUT2D eigenvalue weighted by atomic mass is 19.1. The van der Waals surface area contributed by atoms with Crippen molar-refractivity contribution in [3.8, 4) is 0 Å². The summed E-state index contributed by atoms with van der Waals surface area (Å²) in [7, 11) is 3.60. The zero-order chi connectivity index (χ0) is 13.8. The predicted octanol–water partition coefficient (Wildman–Crippen LogP) is 2.59. The van der Waals surface area contributed by atoms with Crippen LogP contribution in [0.15, 0.2) is 30.6 Å². The Balaban J connectivity index is 2.09. The van der Waals surface area contributed by atoms with E-state index in [-0.39, 0.29) is 11.9 Å². The Bertz CT molecular complexity index is 551. The second-order valence-electron chi connectivity index (χ2n) is 4.57. The Morgan fingerprint density at radius 3 is 2.79 bits per heavy atom. The topological polar surface area (TPSA) is 29.9 Å². The molecule has 1 N–H and O–H groups in total. The largest absolute Gasteiger partial charge is 0.313 e. The van der Waals surface area contributed by atoms with Crippen LogP contribution in [0.25, 0.3) is 0 Å². The van der Waals surface area contributed by atoms with Crippen molar-refractivity contribution < 1.29 is 8.78 Å². The van der Waals surface area contributed by atoms with Gasteiger partial charge in [0, 0.05) is 24.8 Å². The number of aryl methyl sites for hydroxylation is 2. The van der Waals surface area contributed by atoms with Crippen molar-refractivity contribution >= 4 is 0 Å². The van der Waals surface area contributed by atoms with Gasteiger partial charge in [-0.3, -0.25) is 4.68 Å². The molecule has 1 atom stereocenters. The molecular weight excluding hydrogens is 248 g/mol. The molecule has 1 aromatic carbocycles.